The van der Waals surface area contributed by atoms with Gasteiger partial charge in [-0.1, -0.05) is 0 Å². The van der Waals surface area contributed by atoms with Crippen LogP contribution in [0.15, 0.2) is 0 Å². The van der Waals surface area contributed by atoms with Gasteiger partial charge in [0.15, 0.2) is 0 Å². The minimum Gasteiger partial charge on any atom is -0.299 e. The van der Waals surface area contributed by atoms with Gasteiger partial charge in [0.05, 0.1) is 6.17 Å². The lowest BCUT2D eigenvalue weighted by Gasteiger charge is -1.84. The molecule has 2 saturated heterocycles. The molecule has 2 aliphatic rings. The Bertz CT molecular complexity index is 63.9. The molecule has 2 rings (SSSR count). The van der Waals surface area contributed by atoms with Crippen LogP contribution in [0.25, 0.3) is 0 Å². The van der Waals surface area contributed by atoms with Crippen LogP contribution in [0.5, 0.6) is 0 Å². The average Bonchev–Trinajstić information content (AvgIpc) is 2.17. The highest BCUT2D eigenvalue weighted by atomic mass is 15.5. The maximum absolute atomic E-state index is 3.32. The fourth-order valence-corrected chi connectivity index (χ4v) is 0.991. The van der Waals surface area contributed by atoms with Crippen LogP contribution in [0.3, 0.4) is 0 Å². The van der Waals surface area contributed by atoms with E-state index in [0.29, 0.717) is 0 Å². The Labute approximate surface area is 37.1 Å². The SMILES string of the molecule is C1CN2CC2N1. The molecule has 2 fully saturated rings. The predicted octanol–water partition coefficient (Wildman–Crippen LogP) is -0.769. The van der Waals surface area contributed by atoms with Crippen molar-refractivity contribution in [2.75, 3.05) is 19.6 Å². The molecular weight excluding hydrogens is 76.1 g/mol. The third-order valence-corrected chi connectivity index (χ3v) is 1.49. The van der Waals surface area contributed by atoms with Crippen molar-refractivity contribution in [1.29, 1.82) is 0 Å². The quantitative estimate of drug-likeness (QED) is 0.388. The standard InChI is InChI=1S/C4H8N2/c1-2-6-3-4(6)5-1/h4-5H,1-3H2. The molecule has 0 amide bonds. The normalized spacial score (nSPS) is 52.0. The van der Waals surface area contributed by atoms with Crippen LogP contribution in [0.2, 0.25) is 0 Å². The molecule has 0 aliphatic carbocycles. The van der Waals surface area contributed by atoms with E-state index in [9.17, 15) is 0 Å². The first-order chi connectivity index (χ1) is 2.97. The first-order valence-corrected chi connectivity index (χ1v) is 2.44. The topological polar surface area (TPSA) is 15.0 Å². The monoisotopic (exact) mass is 84.1 g/mol. The van der Waals surface area contributed by atoms with Gasteiger partial charge in [0.2, 0.25) is 0 Å². The van der Waals surface area contributed by atoms with Crippen LogP contribution in [-0.4, -0.2) is 30.7 Å². The number of rotatable bonds is 0. The smallest absolute Gasteiger partial charge is 0.0730 e. The Hall–Kier alpha value is -0.0800. The largest absolute Gasteiger partial charge is 0.299 e. The fraction of sp³-hybridized carbons (Fsp3) is 1.00. The third kappa shape index (κ3) is 0.235. The molecule has 0 saturated carbocycles. The van der Waals surface area contributed by atoms with E-state index < -0.39 is 0 Å². The van der Waals surface area contributed by atoms with Gasteiger partial charge in [-0.15, -0.1) is 0 Å². The maximum Gasteiger partial charge on any atom is 0.0730 e. The summed E-state index contributed by atoms with van der Waals surface area (Å²) in [6.45, 7) is 3.80. The summed E-state index contributed by atoms with van der Waals surface area (Å²) in [6, 6.07) is 0. The lowest BCUT2D eigenvalue weighted by atomic mass is 10.6. The van der Waals surface area contributed by atoms with Crippen LogP contribution < -0.4 is 5.32 Å². The Morgan fingerprint density at radius 1 is 1.67 bits per heavy atom. The molecule has 2 unspecified atom stereocenters. The number of hydrogen-bond acceptors (Lipinski definition) is 2. The minimum atomic E-state index is 0.796. The van der Waals surface area contributed by atoms with Crippen molar-refractivity contribution >= 4 is 0 Å². The highest BCUT2D eigenvalue weighted by Crippen LogP contribution is 2.16. The molecule has 2 aliphatic heterocycles. The van der Waals surface area contributed by atoms with Crippen LogP contribution in [0, 0.1) is 0 Å². The van der Waals surface area contributed by atoms with Gasteiger partial charge in [-0.3, -0.25) is 10.2 Å². The number of fused-ring (bicyclic) bond motifs is 1. The van der Waals surface area contributed by atoms with Crippen LogP contribution in [-0.2, 0) is 0 Å². The molecule has 6 heavy (non-hydrogen) atoms. The molecule has 0 aromatic rings. The van der Waals surface area contributed by atoms with Gasteiger partial charge in [-0.2, -0.15) is 0 Å². The van der Waals surface area contributed by atoms with E-state index in [-0.39, 0.29) is 0 Å². The minimum absolute atomic E-state index is 0.796. The van der Waals surface area contributed by atoms with Crippen molar-refractivity contribution in [3.05, 3.63) is 0 Å². The van der Waals surface area contributed by atoms with Crippen molar-refractivity contribution in [3.8, 4) is 0 Å². The predicted molar refractivity (Wildman–Crippen MR) is 23.4 cm³/mol. The molecule has 0 aromatic heterocycles. The Kier molecular flexibility index (Phi) is 0.383. The molecule has 2 heterocycles. The van der Waals surface area contributed by atoms with E-state index in [4.69, 9.17) is 0 Å². The lowest BCUT2D eigenvalue weighted by molar-refractivity contribution is 0.603. The summed E-state index contributed by atoms with van der Waals surface area (Å²) in [4.78, 5) is 2.42. The second-order valence-corrected chi connectivity index (χ2v) is 1.96. The summed E-state index contributed by atoms with van der Waals surface area (Å²) in [6.07, 6.45) is 0.796. The highest BCUT2D eigenvalue weighted by molar-refractivity contribution is 4.92. The van der Waals surface area contributed by atoms with E-state index >= 15 is 0 Å². The highest BCUT2D eigenvalue weighted by Gasteiger charge is 2.37. The van der Waals surface area contributed by atoms with E-state index in [1.165, 1.54) is 19.6 Å². The molecule has 0 spiro atoms. The summed E-state index contributed by atoms with van der Waals surface area (Å²) in [5, 5.41) is 3.32. The van der Waals surface area contributed by atoms with Gasteiger partial charge >= 0.3 is 0 Å². The van der Waals surface area contributed by atoms with Gasteiger partial charge in [0.25, 0.3) is 0 Å². The van der Waals surface area contributed by atoms with Crippen molar-refractivity contribution in [1.82, 2.24) is 10.2 Å². The third-order valence-electron chi connectivity index (χ3n) is 1.49. The molecule has 2 nitrogen and oxygen atoms in total. The molecule has 0 bridgehead atoms. The first-order valence-electron chi connectivity index (χ1n) is 2.44. The zero-order chi connectivity index (χ0) is 3.98. The van der Waals surface area contributed by atoms with Crippen LogP contribution in [0.4, 0.5) is 0 Å². The van der Waals surface area contributed by atoms with Gasteiger partial charge in [0.1, 0.15) is 0 Å². The average molecular weight is 84.1 g/mol. The first kappa shape index (κ1) is 2.99. The van der Waals surface area contributed by atoms with Gasteiger partial charge in [0, 0.05) is 19.6 Å². The summed E-state index contributed by atoms with van der Waals surface area (Å²) in [5.41, 5.74) is 0. The summed E-state index contributed by atoms with van der Waals surface area (Å²) in [5.74, 6) is 0. The number of nitrogens with zero attached hydrogens (tertiary/aromatic N) is 1. The molecule has 2 atom stereocenters. The van der Waals surface area contributed by atoms with Crippen molar-refractivity contribution in [2.45, 2.75) is 6.17 Å². The molecule has 0 radical (unpaired) electrons. The zero-order valence-corrected chi connectivity index (χ0v) is 3.65. The van der Waals surface area contributed by atoms with Gasteiger partial charge in [-0.25, -0.2) is 0 Å². The summed E-state index contributed by atoms with van der Waals surface area (Å²) in [7, 11) is 0. The van der Waals surface area contributed by atoms with E-state index in [2.05, 4.69) is 10.2 Å². The van der Waals surface area contributed by atoms with Crippen LogP contribution >= 0.6 is 0 Å². The van der Waals surface area contributed by atoms with E-state index in [0.717, 1.165) is 6.17 Å². The molecule has 2 heteroatoms. The Morgan fingerprint density at radius 2 is 2.67 bits per heavy atom. The molecule has 0 aromatic carbocycles. The maximum atomic E-state index is 3.32. The fourth-order valence-electron chi connectivity index (χ4n) is 0.991. The molecular formula is C4H8N2. The van der Waals surface area contributed by atoms with Crippen LogP contribution in [0.1, 0.15) is 0 Å². The Morgan fingerprint density at radius 3 is 2.83 bits per heavy atom. The number of piperazine rings is 1. The Balaban J connectivity index is 2.09. The van der Waals surface area contributed by atoms with Gasteiger partial charge < -0.3 is 0 Å². The molecule has 34 valence electrons. The van der Waals surface area contributed by atoms with E-state index in [1.54, 1.807) is 0 Å². The van der Waals surface area contributed by atoms with Crippen molar-refractivity contribution in [3.63, 3.8) is 0 Å². The van der Waals surface area contributed by atoms with Gasteiger partial charge in [-0.05, 0) is 0 Å². The summed E-state index contributed by atoms with van der Waals surface area (Å²) < 4.78 is 0. The second-order valence-electron chi connectivity index (χ2n) is 1.96. The second kappa shape index (κ2) is 0.768. The van der Waals surface area contributed by atoms with Crippen molar-refractivity contribution in [2.24, 2.45) is 0 Å². The number of nitrogens with one attached hydrogen (secondary N) is 1. The summed E-state index contributed by atoms with van der Waals surface area (Å²) >= 11 is 0. The number of hydrogen-bond donors (Lipinski definition) is 1. The zero-order valence-electron chi connectivity index (χ0n) is 3.65. The lowest BCUT2D eigenvalue weighted by Crippen LogP contribution is -2.13. The van der Waals surface area contributed by atoms with E-state index in [1.807, 2.05) is 0 Å². The van der Waals surface area contributed by atoms with Crippen molar-refractivity contribution < 1.29 is 0 Å². The molecule has 1 N–H and O–H groups in total.